The molecule has 0 atom stereocenters. The minimum Gasteiger partial charge on any atom is -0.328 e. The summed E-state index contributed by atoms with van der Waals surface area (Å²) in [6.07, 6.45) is 3.79. The molecule has 2 heterocycles. The van der Waals surface area contributed by atoms with Gasteiger partial charge in [0, 0.05) is 19.1 Å². The van der Waals surface area contributed by atoms with Gasteiger partial charge in [-0.2, -0.15) is 0 Å². The maximum atomic E-state index is 5.88. The second-order valence-electron chi connectivity index (χ2n) is 5.05. The fourth-order valence-electron chi connectivity index (χ4n) is 2.55. The van der Waals surface area contributed by atoms with Gasteiger partial charge in [-0.25, -0.2) is 0 Å². The zero-order valence-electron chi connectivity index (χ0n) is 9.28. The Morgan fingerprint density at radius 1 is 1.21 bits per heavy atom. The first-order chi connectivity index (χ1) is 6.74. The van der Waals surface area contributed by atoms with Gasteiger partial charge in [-0.3, -0.25) is 0 Å². The van der Waals surface area contributed by atoms with Crippen LogP contribution in [0, 0.1) is 5.92 Å². The minimum atomic E-state index is 0.473. The van der Waals surface area contributed by atoms with Gasteiger partial charge in [-0.05, 0) is 51.9 Å². The Labute approximate surface area is 87.2 Å². The van der Waals surface area contributed by atoms with Gasteiger partial charge in [0.05, 0.1) is 0 Å². The van der Waals surface area contributed by atoms with Crippen LogP contribution in [0.15, 0.2) is 0 Å². The van der Waals surface area contributed by atoms with Gasteiger partial charge in [0.2, 0.25) is 0 Å². The summed E-state index contributed by atoms with van der Waals surface area (Å²) in [7, 11) is 2.20. The molecule has 0 aromatic rings. The summed E-state index contributed by atoms with van der Waals surface area (Å²) in [6.45, 7) is 6.37. The first kappa shape index (κ1) is 10.4. The lowest BCUT2D eigenvalue weighted by atomic mass is 9.96. The number of hydrogen-bond donors (Lipinski definition) is 1. The van der Waals surface area contributed by atoms with E-state index in [1.807, 2.05) is 0 Å². The van der Waals surface area contributed by atoms with Gasteiger partial charge in [-0.15, -0.1) is 0 Å². The van der Waals surface area contributed by atoms with Crippen LogP contribution in [0.5, 0.6) is 0 Å². The molecule has 0 aliphatic carbocycles. The smallest absolute Gasteiger partial charge is 0.00631 e. The van der Waals surface area contributed by atoms with E-state index < -0.39 is 0 Å². The highest BCUT2D eigenvalue weighted by Gasteiger charge is 2.24. The molecular formula is C11H23N3. The zero-order valence-corrected chi connectivity index (χ0v) is 9.28. The van der Waals surface area contributed by atoms with Crippen LogP contribution in [0.2, 0.25) is 0 Å². The summed E-state index contributed by atoms with van der Waals surface area (Å²) in [5, 5.41) is 0. The van der Waals surface area contributed by atoms with Crippen LogP contribution in [0.4, 0.5) is 0 Å². The van der Waals surface area contributed by atoms with Crippen molar-refractivity contribution in [3.8, 4) is 0 Å². The van der Waals surface area contributed by atoms with Crippen LogP contribution in [-0.4, -0.2) is 55.6 Å². The summed E-state index contributed by atoms with van der Waals surface area (Å²) in [5.74, 6) is 0.968. The Kier molecular flexibility index (Phi) is 3.42. The summed E-state index contributed by atoms with van der Waals surface area (Å²) in [6, 6.07) is 0.473. The molecule has 2 rings (SSSR count). The molecule has 0 amide bonds. The number of piperidine rings is 1. The molecule has 14 heavy (non-hydrogen) atoms. The molecule has 0 spiro atoms. The molecule has 0 aromatic carbocycles. The summed E-state index contributed by atoms with van der Waals surface area (Å²) >= 11 is 0. The van der Waals surface area contributed by atoms with Crippen molar-refractivity contribution in [1.29, 1.82) is 0 Å². The Morgan fingerprint density at radius 3 is 2.43 bits per heavy atom. The van der Waals surface area contributed by atoms with Gasteiger partial charge in [0.1, 0.15) is 0 Å². The van der Waals surface area contributed by atoms with Crippen molar-refractivity contribution < 1.29 is 0 Å². The Balaban J connectivity index is 1.57. The fourth-order valence-corrected chi connectivity index (χ4v) is 2.55. The zero-order chi connectivity index (χ0) is 9.97. The van der Waals surface area contributed by atoms with E-state index in [1.165, 1.54) is 52.0 Å². The molecule has 0 aromatic heterocycles. The Bertz CT molecular complexity index is 169. The number of nitrogens with zero attached hydrogens (tertiary/aromatic N) is 2. The summed E-state index contributed by atoms with van der Waals surface area (Å²) in [4.78, 5) is 4.98. The van der Waals surface area contributed by atoms with E-state index in [4.69, 9.17) is 5.73 Å². The van der Waals surface area contributed by atoms with E-state index in [1.54, 1.807) is 0 Å². The highest BCUT2D eigenvalue weighted by Crippen LogP contribution is 2.18. The molecule has 2 fully saturated rings. The Morgan fingerprint density at radius 2 is 1.86 bits per heavy atom. The largest absolute Gasteiger partial charge is 0.328 e. The first-order valence-electron chi connectivity index (χ1n) is 5.90. The lowest BCUT2D eigenvalue weighted by molar-refractivity contribution is 0.106. The SMILES string of the molecule is CN1CC(CCN2CCC(N)CC2)C1. The first-order valence-corrected chi connectivity index (χ1v) is 5.90. The highest BCUT2D eigenvalue weighted by atomic mass is 15.2. The third-order valence-electron chi connectivity index (χ3n) is 3.63. The predicted molar refractivity (Wildman–Crippen MR) is 59.3 cm³/mol. The lowest BCUT2D eigenvalue weighted by Crippen LogP contribution is -2.46. The van der Waals surface area contributed by atoms with Crippen molar-refractivity contribution in [2.45, 2.75) is 25.3 Å². The van der Waals surface area contributed by atoms with E-state index in [0.29, 0.717) is 6.04 Å². The van der Waals surface area contributed by atoms with Gasteiger partial charge in [0.25, 0.3) is 0 Å². The van der Waals surface area contributed by atoms with Crippen LogP contribution < -0.4 is 5.73 Å². The molecule has 2 aliphatic rings. The van der Waals surface area contributed by atoms with Crippen molar-refractivity contribution in [1.82, 2.24) is 9.80 Å². The van der Waals surface area contributed by atoms with Crippen LogP contribution in [0.1, 0.15) is 19.3 Å². The van der Waals surface area contributed by atoms with Crippen molar-refractivity contribution in [2.24, 2.45) is 11.7 Å². The number of nitrogens with two attached hydrogens (primary N) is 1. The molecule has 0 bridgehead atoms. The molecular weight excluding hydrogens is 174 g/mol. The maximum absolute atomic E-state index is 5.88. The summed E-state index contributed by atoms with van der Waals surface area (Å²) in [5.41, 5.74) is 5.88. The molecule has 2 aliphatic heterocycles. The molecule has 2 N–H and O–H groups in total. The topological polar surface area (TPSA) is 32.5 Å². The Hall–Kier alpha value is -0.120. The number of rotatable bonds is 3. The van der Waals surface area contributed by atoms with Crippen LogP contribution >= 0.6 is 0 Å². The standard InChI is InChI=1S/C11H23N3/c1-13-8-10(9-13)2-5-14-6-3-11(12)4-7-14/h10-11H,2-9,12H2,1H3. The normalized spacial score (nSPS) is 27.9. The van der Waals surface area contributed by atoms with E-state index in [9.17, 15) is 0 Å². The number of hydrogen-bond acceptors (Lipinski definition) is 3. The molecule has 3 heteroatoms. The van der Waals surface area contributed by atoms with Crippen molar-refractivity contribution in [3.05, 3.63) is 0 Å². The molecule has 0 unspecified atom stereocenters. The third-order valence-corrected chi connectivity index (χ3v) is 3.63. The maximum Gasteiger partial charge on any atom is 0.00631 e. The monoisotopic (exact) mass is 197 g/mol. The molecule has 82 valence electrons. The fraction of sp³-hybridized carbons (Fsp3) is 1.00. The minimum absolute atomic E-state index is 0.473. The van der Waals surface area contributed by atoms with Gasteiger partial charge >= 0.3 is 0 Å². The van der Waals surface area contributed by atoms with E-state index >= 15 is 0 Å². The highest BCUT2D eigenvalue weighted by molar-refractivity contribution is 4.79. The van der Waals surface area contributed by atoms with Crippen molar-refractivity contribution in [3.63, 3.8) is 0 Å². The van der Waals surface area contributed by atoms with Crippen LogP contribution in [0.3, 0.4) is 0 Å². The molecule has 0 saturated carbocycles. The predicted octanol–water partition coefficient (Wildman–Crippen LogP) is 0.361. The molecule has 0 radical (unpaired) electrons. The van der Waals surface area contributed by atoms with Gasteiger partial charge < -0.3 is 15.5 Å². The van der Waals surface area contributed by atoms with Crippen LogP contribution in [0.25, 0.3) is 0 Å². The molecule has 3 nitrogen and oxygen atoms in total. The second kappa shape index (κ2) is 4.60. The quantitative estimate of drug-likeness (QED) is 0.709. The van der Waals surface area contributed by atoms with Crippen molar-refractivity contribution >= 4 is 0 Å². The van der Waals surface area contributed by atoms with Gasteiger partial charge in [0.15, 0.2) is 0 Å². The number of likely N-dealkylation sites (tertiary alicyclic amines) is 2. The average molecular weight is 197 g/mol. The summed E-state index contributed by atoms with van der Waals surface area (Å²) < 4.78 is 0. The van der Waals surface area contributed by atoms with Crippen LogP contribution in [-0.2, 0) is 0 Å². The van der Waals surface area contributed by atoms with E-state index in [0.717, 1.165) is 5.92 Å². The van der Waals surface area contributed by atoms with Gasteiger partial charge in [-0.1, -0.05) is 0 Å². The van der Waals surface area contributed by atoms with Crippen molar-refractivity contribution in [2.75, 3.05) is 39.8 Å². The average Bonchev–Trinajstić information content (AvgIpc) is 2.13. The lowest BCUT2D eigenvalue weighted by Gasteiger charge is -2.38. The second-order valence-corrected chi connectivity index (χ2v) is 5.05. The third kappa shape index (κ3) is 2.69. The molecule has 2 saturated heterocycles. The van der Waals surface area contributed by atoms with E-state index in [2.05, 4.69) is 16.8 Å². The van der Waals surface area contributed by atoms with E-state index in [-0.39, 0.29) is 0 Å².